The van der Waals surface area contributed by atoms with E-state index < -0.39 is 0 Å². The molecule has 0 bridgehead atoms. The number of rotatable bonds is 4. The van der Waals surface area contributed by atoms with Crippen molar-refractivity contribution >= 4 is 21.8 Å². The van der Waals surface area contributed by atoms with E-state index in [-0.39, 0.29) is 5.69 Å². The first-order valence-corrected chi connectivity index (χ1v) is 8.00. The van der Waals surface area contributed by atoms with Gasteiger partial charge in [-0.3, -0.25) is 9.13 Å². The van der Waals surface area contributed by atoms with E-state index in [4.69, 9.17) is 4.74 Å². The summed E-state index contributed by atoms with van der Waals surface area (Å²) in [6, 6.07) is 22.0. The molecule has 0 saturated carbocycles. The van der Waals surface area contributed by atoms with Gasteiger partial charge in [0.05, 0.1) is 17.6 Å². The Labute approximate surface area is 139 Å². The lowest BCUT2D eigenvalue weighted by molar-refractivity contribution is 0.298. The van der Waals surface area contributed by atoms with Crippen molar-refractivity contribution in [2.24, 2.45) is 7.05 Å². The third kappa shape index (κ3) is 2.46. The zero-order valence-corrected chi connectivity index (χ0v) is 13.5. The molecule has 1 aromatic heterocycles. The molecule has 0 fully saturated rings. The van der Waals surface area contributed by atoms with Crippen molar-refractivity contribution in [1.29, 1.82) is 0 Å². The molecule has 0 atom stereocenters. The second kappa shape index (κ2) is 5.89. The fraction of sp³-hybridized carbons (Fsp3) is 0.150. The molecule has 24 heavy (non-hydrogen) atoms. The van der Waals surface area contributed by atoms with Crippen molar-refractivity contribution < 1.29 is 4.74 Å². The first kappa shape index (κ1) is 14.6. The molecule has 4 nitrogen and oxygen atoms in total. The second-order valence-electron chi connectivity index (χ2n) is 5.84. The zero-order valence-electron chi connectivity index (χ0n) is 13.5. The minimum Gasteiger partial charge on any atom is -0.492 e. The van der Waals surface area contributed by atoms with Crippen LogP contribution in [-0.4, -0.2) is 15.7 Å². The van der Waals surface area contributed by atoms with Gasteiger partial charge in [0.2, 0.25) is 0 Å². The van der Waals surface area contributed by atoms with Gasteiger partial charge in [-0.1, -0.05) is 42.5 Å². The SMILES string of the molecule is Cn1c(=O)n(CCOc2ccc3ccccc3c2)c2ccccc21. The third-order valence-corrected chi connectivity index (χ3v) is 4.36. The Bertz CT molecular complexity index is 1080. The van der Waals surface area contributed by atoms with Gasteiger partial charge < -0.3 is 4.74 Å². The largest absolute Gasteiger partial charge is 0.492 e. The Morgan fingerprint density at radius 2 is 1.58 bits per heavy atom. The van der Waals surface area contributed by atoms with Gasteiger partial charge in [-0.2, -0.15) is 0 Å². The topological polar surface area (TPSA) is 36.2 Å². The molecule has 0 unspecified atom stereocenters. The summed E-state index contributed by atoms with van der Waals surface area (Å²) in [5.41, 5.74) is 1.86. The van der Waals surface area contributed by atoms with Gasteiger partial charge in [0.25, 0.3) is 0 Å². The van der Waals surface area contributed by atoms with Crippen LogP contribution < -0.4 is 10.4 Å². The highest BCUT2D eigenvalue weighted by molar-refractivity contribution is 5.83. The Hall–Kier alpha value is -3.01. The summed E-state index contributed by atoms with van der Waals surface area (Å²) in [6.07, 6.45) is 0. The smallest absolute Gasteiger partial charge is 0.328 e. The Kier molecular flexibility index (Phi) is 3.58. The van der Waals surface area contributed by atoms with Crippen LogP contribution in [0.2, 0.25) is 0 Å². The standard InChI is InChI=1S/C20H18N2O2/c1-21-18-8-4-5-9-19(18)22(20(21)23)12-13-24-17-11-10-15-6-2-3-7-16(15)14-17/h2-11,14H,12-13H2,1H3. The minimum atomic E-state index is -0.0155. The van der Waals surface area contributed by atoms with Crippen LogP contribution in [0.5, 0.6) is 5.75 Å². The maximum absolute atomic E-state index is 12.4. The molecule has 0 aliphatic carbocycles. The lowest BCUT2D eigenvalue weighted by Gasteiger charge is -2.08. The quantitative estimate of drug-likeness (QED) is 0.577. The van der Waals surface area contributed by atoms with E-state index in [1.165, 1.54) is 5.39 Å². The van der Waals surface area contributed by atoms with E-state index >= 15 is 0 Å². The first-order valence-electron chi connectivity index (χ1n) is 8.00. The van der Waals surface area contributed by atoms with E-state index in [0.717, 1.165) is 22.2 Å². The van der Waals surface area contributed by atoms with Crippen molar-refractivity contribution in [3.63, 3.8) is 0 Å². The predicted molar refractivity (Wildman–Crippen MR) is 96.6 cm³/mol. The van der Waals surface area contributed by atoms with Crippen LogP contribution in [0.4, 0.5) is 0 Å². The van der Waals surface area contributed by atoms with Crippen molar-refractivity contribution in [1.82, 2.24) is 9.13 Å². The summed E-state index contributed by atoms with van der Waals surface area (Å²) in [6.45, 7) is 0.971. The Morgan fingerprint density at radius 3 is 2.42 bits per heavy atom. The van der Waals surface area contributed by atoms with Crippen LogP contribution in [0.25, 0.3) is 21.8 Å². The monoisotopic (exact) mass is 318 g/mol. The van der Waals surface area contributed by atoms with Crippen LogP contribution in [0.3, 0.4) is 0 Å². The molecule has 0 radical (unpaired) electrons. The number of fused-ring (bicyclic) bond motifs is 2. The molecule has 0 saturated heterocycles. The van der Waals surface area contributed by atoms with Gasteiger partial charge in [-0.05, 0) is 35.0 Å². The van der Waals surface area contributed by atoms with E-state index in [2.05, 4.69) is 18.2 Å². The fourth-order valence-electron chi connectivity index (χ4n) is 3.09. The molecule has 0 spiro atoms. The average molecular weight is 318 g/mol. The molecule has 3 aromatic carbocycles. The molecular weight excluding hydrogens is 300 g/mol. The van der Waals surface area contributed by atoms with Crippen molar-refractivity contribution in [3.05, 3.63) is 77.2 Å². The van der Waals surface area contributed by atoms with Crippen LogP contribution in [0, 0.1) is 0 Å². The lowest BCUT2D eigenvalue weighted by atomic mass is 10.1. The minimum absolute atomic E-state index is 0.0155. The van der Waals surface area contributed by atoms with E-state index in [9.17, 15) is 4.79 Å². The normalized spacial score (nSPS) is 11.2. The number of aromatic nitrogens is 2. The third-order valence-electron chi connectivity index (χ3n) is 4.36. The summed E-state index contributed by atoms with van der Waals surface area (Å²) in [5.74, 6) is 0.821. The molecular formula is C20H18N2O2. The summed E-state index contributed by atoms with van der Waals surface area (Å²) >= 11 is 0. The number of benzene rings is 3. The lowest BCUT2D eigenvalue weighted by Crippen LogP contribution is -2.24. The molecule has 120 valence electrons. The summed E-state index contributed by atoms with van der Waals surface area (Å²) in [4.78, 5) is 12.4. The van der Waals surface area contributed by atoms with E-state index in [0.29, 0.717) is 13.2 Å². The Balaban J connectivity index is 1.55. The van der Waals surface area contributed by atoms with Crippen molar-refractivity contribution in [2.75, 3.05) is 6.61 Å². The summed E-state index contributed by atoms with van der Waals surface area (Å²) < 4.78 is 9.29. The van der Waals surface area contributed by atoms with Gasteiger partial charge >= 0.3 is 5.69 Å². The maximum atomic E-state index is 12.4. The number of imidazole rings is 1. The highest BCUT2D eigenvalue weighted by Gasteiger charge is 2.09. The number of para-hydroxylation sites is 2. The molecule has 0 aliphatic heterocycles. The molecule has 0 N–H and O–H groups in total. The van der Waals surface area contributed by atoms with Gasteiger partial charge in [0.15, 0.2) is 0 Å². The highest BCUT2D eigenvalue weighted by atomic mass is 16.5. The van der Waals surface area contributed by atoms with Gasteiger partial charge in [-0.15, -0.1) is 0 Å². The van der Waals surface area contributed by atoms with Crippen LogP contribution >= 0.6 is 0 Å². The predicted octanol–water partition coefficient (Wildman–Crippen LogP) is 3.57. The number of hydrogen-bond acceptors (Lipinski definition) is 2. The van der Waals surface area contributed by atoms with Crippen LogP contribution in [-0.2, 0) is 13.6 Å². The average Bonchev–Trinajstić information content (AvgIpc) is 2.87. The van der Waals surface area contributed by atoms with Crippen LogP contribution in [0.1, 0.15) is 0 Å². The summed E-state index contributed by atoms with van der Waals surface area (Å²) in [7, 11) is 1.80. The van der Waals surface area contributed by atoms with Crippen molar-refractivity contribution in [2.45, 2.75) is 6.54 Å². The van der Waals surface area contributed by atoms with Crippen LogP contribution in [0.15, 0.2) is 71.5 Å². The second-order valence-corrected chi connectivity index (χ2v) is 5.84. The van der Waals surface area contributed by atoms with Gasteiger partial charge in [0.1, 0.15) is 12.4 Å². The molecule has 4 aromatic rings. The molecule has 4 heteroatoms. The number of ether oxygens (including phenoxy) is 1. The molecule has 1 heterocycles. The van der Waals surface area contributed by atoms with E-state index in [1.807, 2.05) is 48.5 Å². The Morgan fingerprint density at radius 1 is 0.875 bits per heavy atom. The number of nitrogens with zero attached hydrogens (tertiary/aromatic N) is 2. The zero-order chi connectivity index (χ0) is 16.5. The molecule has 0 amide bonds. The van der Waals surface area contributed by atoms with Gasteiger partial charge in [0, 0.05) is 7.05 Å². The number of aryl methyl sites for hydroxylation is 1. The molecule has 0 aliphatic rings. The van der Waals surface area contributed by atoms with Crippen molar-refractivity contribution in [3.8, 4) is 5.75 Å². The number of hydrogen-bond donors (Lipinski definition) is 0. The highest BCUT2D eigenvalue weighted by Crippen LogP contribution is 2.20. The molecule has 4 rings (SSSR count). The van der Waals surface area contributed by atoms with Gasteiger partial charge in [-0.25, -0.2) is 4.79 Å². The van der Waals surface area contributed by atoms with E-state index in [1.54, 1.807) is 16.2 Å². The maximum Gasteiger partial charge on any atom is 0.328 e. The summed E-state index contributed by atoms with van der Waals surface area (Å²) in [5, 5.41) is 2.34. The fourth-order valence-corrected chi connectivity index (χ4v) is 3.09. The first-order chi connectivity index (χ1) is 11.7.